The highest BCUT2D eigenvalue weighted by Gasteiger charge is 2.21. The van der Waals surface area contributed by atoms with E-state index in [1.807, 2.05) is 6.08 Å². The summed E-state index contributed by atoms with van der Waals surface area (Å²) in [7, 11) is 0. The summed E-state index contributed by atoms with van der Waals surface area (Å²) in [5, 5.41) is 6.94. The highest BCUT2D eigenvalue weighted by atomic mass is 15.0. The molecule has 0 heterocycles. The summed E-state index contributed by atoms with van der Waals surface area (Å²) in [6.45, 7) is 13.4. The average molecular weight is 198 g/mol. The Labute approximate surface area is 89.2 Å². The fourth-order valence-electron chi connectivity index (χ4n) is 1.75. The Hall–Kier alpha value is -0.340. The van der Waals surface area contributed by atoms with E-state index in [1.165, 1.54) is 19.3 Å². The van der Waals surface area contributed by atoms with E-state index in [2.05, 4.69) is 38.0 Å². The van der Waals surface area contributed by atoms with Crippen molar-refractivity contribution in [3.05, 3.63) is 12.7 Å². The molecule has 0 amide bonds. The molecule has 84 valence electrons. The molecule has 0 aromatic rings. The molecule has 2 nitrogen and oxygen atoms in total. The van der Waals surface area contributed by atoms with Crippen LogP contribution in [0.3, 0.4) is 0 Å². The predicted octanol–water partition coefficient (Wildman–Crippen LogP) is 2.32. The molecule has 0 aliphatic heterocycles. The van der Waals surface area contributed by atoms with Gasteiger partial charge in [0.2, 0.25) is 0 Å². The van der Waals surface area contributed by atoms with Gasteiger partial charge in [-0.2, -0.15) is 0 Å². The van der Waals surface area contributed by atoms with Gasteiger partial charge >= 0.3 is 0 Å². The van der Waals surface area contributed by atoms with Crippen molar-refractivity contribution in [2.24, 2.45) is 0 Å². The van der Waals surface area contributed by atoms with Crippen LogP contribution in [0.4, 0.5) is 0 Å². The number of hydrogen-bond donors (Lipinski definition) is 2. The summed E-state index contributed by atoms with van der Waals surface area (Å²) in [5.41, 5.74) is 0.357. The topological polar surface area (TPSA) is 24.1 Å². The van der Waals surface area contributed by atoms with Crippen LogP contribution in [-0.4, -0.2) is 25.2 Å². The van der Waals surface area contributed by atoms with Crippen molar-refractivity contribution in [1.82, 2.24) is 10.6 Å². The van der Waals surface area contributed by atoms with Crippen LogP contribution >= 0.6 is 0 Å². The largest absolute Gasteiger partial charge is 0.312 e. The van der Waals surface area contributed by atoms with Gasteiger partial charge in [-0.15, -0.1) is 6.58 Å². The second-order valence-corrected chi connectivity index (χ2v) is 3.76. The van der Waals surface area contributed by atoms with Gasteiger partial charge in [0, 0.05) is 25.2 Å². The lowest BCUT2D eigenvalue weighted by Gasteiger charge is -2.32. The molecule has 0 spiro atoms. The van der Waals surface area contributed by atoms with E-state index in [1.54, 1.807) is 0 Å². The number of nitrogens with one attached hydrogen (secondary N) is 2. The maximum atomic E-state index is 3.67. The summed E-state index contributed by atoms with van der Waals surface area (Å²) >= 11 is 0. The van der Waals surface area contributed by atoms with Gasteiger partial charge in [0.05, 0.1) is 0 Å². The van der Waals surface area contributed by atoms with Crippen molar-refractivity contribution in [1.29, 1.82) is 0 Å². The smallest absolute Gasteiger partial charge is 0.0174 e. The van der Waals surface area contributed by atoms with Crippen molar-refractivity contribution < 1.29 is 0 Å². The number of rotatable bonds is 9. The molecule has 0 bridgehead atoms. The van der Waals surface area contributed by atoms with Crippen molar-refractivity contribution in [2.45, 2.75) is 45.6 Å². The molecule has 0 rings (SSSR count). The molecular formula is C12H26N2. The summed E-state index contributed by atoms with van der Waals surface area (Å²) in [4.78, 5) is 0. The molecule has 2 heteroatoms. The van der Waals surface area contributed by atoms with E-state index in [0.29, 0.717) is 5.54 Å². The zero-order valence-electron chi connectivity index (χ0n) is 10.0. The van der Waals surface area contributed by atoms with Gasteiger partial charge in [-0.25, -0.2) is 0 Å². The summed E-state index contributed by atoms with van der Waals surface area (Å²) < 4.78 is 0. The molecule has 0 aromatic carbocycles. The fourth-order valence-corrected chi connectivity index (χ4v) is 1.75. The summed E-state index contributed by atoms with van der Waals surface area (Å²) in [6, 6.07) is 0. The van der Waals surface area contributed by atoms with Crippen LogP contribution < -0.4 is 10.6 Å². The molecule has 0 saturated carbocycles. The standard InChI is InChI=1S/C12H26N2/c1-5-9-13-10-11-14-12(6-2,7-3)8-4/h5,13-14H,1,6-11H2,2-4H3. The van der Waals surface area contributed by atoms with E-state index in [-0.39, 0.29) is 0 Å². The first kappa shape index (κ1) is 13.7. The Balaban J connectivity index is 3.65. The van der Waals surface area contributed by atoms with Gasteiger partial charge in [0.1, 0.15) is 0 Å². The van der Waals surface area contributed by atoms with Crippen molar-refractivity contribution in [2.75, 3.05) is 19.6 Å². The molecule has 0 aliphatic carbocycles. The van der Waals surface area contributed by atoms with Crippen LogP contribution in [-0.2, 0) is 0 Å². The van der Waals surface area contributed by atoms with Gasteiger partial charge in [-0.05, 0) is 19.3 Å². The van der Waals surface area contributed by atoms with Gasteiger partial charge < -0.3 is 10.6 Å². The second kappa shape index (κ2) is 8.01. The van der Waals surface area contributed by atoms with Gasteiger partial charge in [-0.3, -0.25) is 0 Å². The lowest BCUT2D eigenvalue weighted by atomic mass is 9.90. The highest BCUT2D eigenvalue weighted by molar-refractivity contribution is 4.84. The SMILES string of the molecule is C=CCNCCNC(CC)(CC)CC. The van der Waals surface area contributed by atoms with Crippen LogP contribution in [0.5, 0.6) is 0 Å². The molecule has 0 atom stereocenters. The first-order valence-corrected chi connectivity index (χ1v) is 5.81. The summed E-state index contributed by atoms with van der Waals surface area (Å²) in [6.07, 6.45) is 5.52. The van der Waals surface area contributed by atoms with E-state index in [9.17, 15) is 0 Å². The highest BCUT2D eigenvalue weighted by Crippen LogP contribution is 2.18. The molecule has 0 fully saturated rings. The Morgan fingerprint density at radius 2 is 1.64 bits per heavy atom. The third-order valence-electron chi connectivity index (χ3n) is 3.12. The predicted molar refractivity (Wildman–Crippen MR) is 64.7 cm³/mol. The van der Waals surface area contributed by atoms with Crippen molar-refractivity contribution >= 4 is 0 Å². The monoisotopic (exact) mass is 198 g/mol. The molecule has 14 heavy (non-hydrogen) atoms. The Kier molecular flexibility index (Phi) is 7.81. The van der Waals surface area contributed by atoms with E-state index in [0.717, 1.165) is 19.6 Å². The lowest BCUT2D eigenvalue weighted by Crippen LogP contribution is -2.46. The maximum Gasteiger partial charge on any atom is 0.0174 e. The molecule has 0 aliphatic rings. The van der Waals surface area contributed by atoms with E-state index >= 15 is 0 Å². The van der Waals surface area contributed by atoms with Crippen LogP contribution in [0.1, 0.15) is 40.0 Å². The first-order chi connectivity index (χ1) is 6.74. The molecule has 0 radical (unpaired) electrons. The van der Waals surface area contributed by atoms with E-state index in [4.69, 9.17) is 0 Å². The minimum atomic E-state index is 0.357. The van der Waals surface area contributed by atoms with Crippen LogP contribution in [0, 0.1) is 0 Å². The normalized spacial score (nSPS) is 11.6. The molecule has 0 aromatic heterocycles. The van der Waals surface area contributed by atoms with Gasteiger partial charge in [-0.1, -0.05) is 26.8 Å². The molecular weight excluding hydrogens is 172 g/mol. The Bertz CT molecular complexity index is 131. The van der Waals surface area contributed by atoms with E-state index < -0.39 is 0 Å². The maximum absolute atomic E-state index is 3.67. The zero-order valence-corrected chi connectivity index (χ0v) is 10.0. The van der Waals surface area contributed by atoms with Crippen molar-refractivity contribution in [3.63, 3.8) is 0 Å². The first-order valence-electron chi connectivity index (χ1n) is 5.81. The number of hydrogen-bond acceptors (Lipinski definition) is 2. The molecule has 0 saturated heterocycles. The Morgan fingerprint density at radius 3 is 2.07 bits per heavy atom. The van der Waals surface area contributed by atoms with Crippen LogP contribution in [0.2, 0.25) is 0 Å². The minimum Gasteiger partial charge on any atom is -0.312 e. The van der Waals surface area contributed by atoms with Crippen LogP contribution in [0.15, 0.2) is 12.7 Å². The van der Waals surface area contributed by atoms with Crippen molar-refractivity contribution in [3.8, 4) is 0 Å². The summed E-state index contributed by atoms with van der Waals surface area (Å²) in [5.74, 6) is 0. The third kappa shape index (κ3) is 4.77. The minimum absolute atomic E-state index is 0.357. The van der Waals surface area contributed by atoms with Gasteiger partial charge in [0.15, 0.2) is 0 Å². The van der Waals surface area contributed by atoms with Gasteiger partial charge in [0.25, 0.3) is 0 Å². The second-order valence-electron chi connectivity index (χ2n) is 3.76. The molecule has 2 N–H and O–H groups in total. The van der Waals surface area contributed by atoms with Crippen LogP contribution in [0.25, 0.3) is 0 Å². The third-order valence-corrected chi connectivity index (χ3v) is 3.12. The fraction of sp³-hybridized carbons (Fsp3) is 0.833. The molecule has 0 unspecified atom stereocenters. The lowest BCUT2D eigenvalue weighted by molar-refractivity contribution is 0.291. The quantitative estimate of drug-likeness (QED) is 0.439. The Morgan fingerprint density at radius 1 is 1.07 bits per heavy atom. The zero-order chi connectivity index (χ0) is 10.9. The average Bonchev–Trinajstić information content (AvgIpc) is 2.24.